The molecule has 138 valence electrons. The number of nitrogens with zero attached hydrogens (tertiary/aromatic N) is 2. The van der Waals surface area contributed by atoms with Crippen LogP contribution in [0.4, 0.5) is 5.69 Å². The fraction of sp³-hybridized carbons (Fsp3) is 0.167. The topological polar surface area (TPSA) is 116 Å². The SMILES string of the molecule is COc1ccc(COC(=O)CN2C(=O)c3cccc([N+](=O)[O-])c3C2=O)cc1. The van der Waals surface area contributed by atoms with Crippen molar-refractivity contribution in [2.45, 2.75) is 6.61 Å². The second-order valence-corrected chi connectivity index (χ2v) is 5.66. The molecule has 3 rings (SSSR count). The zero-order valence-electron chi connectivity index (χ0n) is 14.2. The number of methoxy groups -OCH3 is 1. The van der Waals surface area contributed by atoms with Gasteiger partial charge in [0.2, 0.25) is 0 Å². The summed E-state index contributed by atoms with van der Waals surface area (Å²) in [6.45, 7) is -0.675. The molecule has 0 bridgehead atoms. The van der Waals surface area contributed by atoms with E-state index in [1.54, 1.807) is 24.3 Å². The van der Waals surface area contributed by atoms with E-state index in [1.165, 1.54) is 19.2 Å². The number of hydrogen-bond donors (Lipinski definition) is 0. The number of imide groups is 1. The van der Waals surface area contributed by atoms with Gasteiger partial charge in [-0.3, -0.25) is 29.4 Å². The Balaban J connectivity index is 1.68. The number of rotatable bonds is 6. The summed E-state index contributed by atoms with van der Waals surface area (Å²) in [5.41, 5.74) is -0.185. The Morgan fingerprint density at radius 2 is 1.81 bits per heavy atom. The Morgan fingerprint density at radius 1 is 1.11 bits per heavy atom. The molecule has 0 unspecified atom stereocenters. The molecule has 2 aromatic rings. The summed E-state index contributed by atoms with van der Waals surface area (Å²) in [5, 5.41) is 11.1. The molecule has 9 heteroatoms. The number of ether oxygens (including phenoxy) is 2. The molecule has 0 N–H and O–H groups in total. The molecule has 1 heterocycles. The number of carbonyl (C=O) groups is 3. The third-order valence-electron chi connectivity index (χ3n) is 4.02. The molecule has 0 atom stereocenters. The number of nitro groups is 1. The van der Waals surface area contributed by atoms with Gasteiger partial charge in [0.1, 0.15) is 24.5 Å². The van der Waals surface area contributed by atoms with Crippen LogP contribution in [0.15, 0.2) is 42.5 Å². The highest BCUT2D eigenvalue weighted by Gasteiger charge is 2.41. The first-order valence-corrected chi connectivity index (χ1v) is 7.84. The summed E-state index contributed by atoms with van der Waals surface area (Å²) in [6, 6.07) is 10.6. The fourth-order valence-corrected chi connectivity index (χ4v) is 2.67. The molecule has 1 aliphatic rings. The van der Waals surface area contributed by atoms with Gasteiger partial charge >= 0.3 is 5.97 Å². The lowest BCUT2D eigenvalue weighted by Crippen LogP contribution is -2.35. The number of amides is 2. The van der Waals surface area contributed by atoms with E-state index in [0.29, 0.717) is 16.2 Å². The van der Waals surface area contributed by atoms with Crippen LogP contribution in [0.25, 0.3) is 0 Å². The second kappa shape index (κ2) is 7.24. The van der Waals surface area contributed by atoms with Crippen molar-refractivity contribution in [3.8, 4) is 5.75 Å². The van der Waals surface area contributed by atoms with E-state index in [0.717, 1.165) is 6.07 Å². The Hall–Kier alpha value is -3.75. The van der Waals surface area contributed by atoms with E-state index >= 15 is 0 Å². The van der Waals surface area contributed by atoms with Gasteiger partial charge in [-0.1, -0.05) is 18.2 Å². The normalized spacial score (nSPS) is 12.7. The quantitative estimate of drug-likeness (QED) is 0.330. The van der Waals surface area contributed by atoms with E-state index in [4.69, 9.17) is 9.47 Å². The molecule has 0 fully saturated rings. The number of carbonyl (C=O) groups excluding carboxylic acids is 3. The Kier molecular flexibility index (Phi) is 4.84. The molecule has 9 nitrogen and oxygen atoms in total. The number of benzene rings is 2. The van der Waals surface area contributed by atoms with Crippen LogP contribution in [0.2, 0.25) is 0 Å². The molecule has 0 saturated carbocycles. The van der Waals surface area contributed by atoms with Crippen molar-refractivity contribution < 1.29 is 28.8 Å². The highest BCUT2D eigenvalue weighted by molar-refractivity contribution is 6.24. The number of nitro benzene ring substituents is 1. The van der Waals surface area contributed by atoms with Crippen LogP contribution < -0.4 is 4.74 Å². The third kappa shape index (κ3) is 3.47. The third-order valence-corrected chi connectivity index (χ3v) is 4.02. The molecular weight excluding hydrogens is 356 g/mol. The summed E-state index contributed by atoms with van der Waals surface area (Å²) in [7, 11) is 1.53. The largest absolute Gasteiger partial charge is 0.497 e. The van der Waals surface area contributed by atoms with Crippen LogP contribution in [0, 0.1) is 10.1 Å². The molecule has 0 spiro atoms. The van der Waals surface area contributed by atoms with Crippen LogP contribution in [-0.2, 0) is 16.1 Å². The van der Waals surface area contributed by atoms with Gasteiger partial charge in [0, 0.05) is 6.07 Å². The van der Waals surface area contributed by atoms with E-state index < -0.39 is 34.9 Å². The molecule has 2 amide bonds. The average Bonchev–Trinajstić information content (AvgIpc) is 2.91. The number of esters is 1. The minimum atomic E-state index is -0.885. The summed E-state index contributed by atoms with van der Waals surface area (Å²) < 4.78 is 10.1. The fourth-order valence-electron chi connectivity index (χ4n) is 2.67. The van der Waals surface area contributed by atoms with Crippen molar-refractivity contribution in [2.75, 3.05) is 13.7 Å². The molecular formula is C18H14N2O7. The van der Waals surface area contributed by atoms with Crippen molar-refractivity contribution in [3.05, 3.63) is 69.3 Å². The molecule has 0 aliphatic carbocycles. The lowest BCUT2D eigenvalue weighted by Gasteiger charge is -2.13. The minimum Gasteiger partial charge on any atom is -0.497 e. The van der Waals surface area contributed by atoms with Gasteiger partial charge in [-0.05, 0) is 23.8 Å². The van der Waals surface area contributed by atoms with E-state index in [2.05, 4.69) is 0 Å². The predicted molar refractivity (Wildman–Crippen MR) is 91.3 cm³/mol. The zero-order valence-corrected chi connectivity index (χ0v) is 14.2. The molecule has 27 heavy (non-hydrogen) atoms. The molecule has 1 aliphatic heterocycles. The highest BCUT2D eigenvalue weighted by Crippen LogP contribution is 2.30. The lowest BCUT2D eigenvalue weighted by molar-refractivity contribution is -0.385. The summed E-state index contributed by atoms with van der Waals surface area (Å²) in [5.74, 6) is -1.80. The molecule has 0 radical (unpaired) electrons. The number of hydrogen-bond acceptors (Lipinski definition) is 7. The maximum Gasteiger partial charge on any atom is 0.326 e. The van der Waals surface area contributed by atoms with E-state index in [-0.39, 0.29) is 17.7 Å². The first kappa shape index (κ1) is 18.1. The number of fused-ring (bicyclic) bond motifs is 1. The van der Waals surface area contributed by atoms with Gasteiger partial charge in [-0.15, -0.1) is 0 Å². The second-order valence-electron chi connectivity index (χ2n) is 5.66. The smallest absolute Gasteiger partial charge is 0.326 e. The average molecular weight is 370 g/mol. The first-order valence-electron chi connectivity index (χ1n) is 7.84. The van der Waals surface area contributed by atoms with Gasteiger partial charge in [0.15, 0.2) is 0 Å². The van der Waals surface area contributed by atoms with Crippen LogP contribution >= 0.6 is 0 Å². The standard InChI is InChI=1S/C18H14N2O7/c1-26-12-7-5-11(6-8-12)10-27-15(21)9-19-17(22)13-3-2-4-14(20(24)25)16(13)18(19)23/h2-8H,9-10H2,1H3. The Bertz CT molecular complexity index is 937. The highest BCUT2D eigenvalue weighted by atomic mass is 16.6. The molecule has 0 saturated heterocycles. The van der Waals surface area contributed by atoms with Gasteiger partial charge in [0.25, 0.3) is 17.5 Å². The van der Waals surface area contributed by atoms with Gasteiger partial charge in [0.05, 0.1) is 17.6 Å². The van der Waals surface area contributed by atoms with Crippen molar-refractivity contribution >= 4 is 23.5 Å². The minimum absolute atomic E-state index is 0.0495. The van der Waals surface area contributed by atoms with Crippen molar-refractivity contribution in [1.82, 2.24) is 4.90 Å². The van der Waals surface area contributed by atoms with Gasteiger partial charge < -0.3 is 9.47 Å². The van der Waals surface area contributed by atoms with Crippen LogP contribution in [0.1, 0.15) is 26.3 Å². The van der Waals surface area contributed by atoms with Crippen LogP contribution in [0.5, 0.6) is 5.75 Å². The van der Waals surface area contributed by atoms with Crippen molar-refractivity contribution in [1.29, 1.82) is 0 Å². The predicted octanol–water partition coefficient (Wildman–Crippen LogP) is 1.94. The summed E-state index contributed by atoms with van der Waals surface area (Å²) >= 11 is 0. The van der Waals surface area contributed by atoms with Gasteiger partial charge in [-0.2, -0.15) is 0 Å². The molecule has 2 aromatic carbocycles. The molecule has 0 aromatic heterocycles. The van der Waals surface area contributed by atoms with Crippen molar-refractivity contribution in [3.63, 3.8) is 0 Å². The monoisotopic (exact) mass is 370 g/mol. The Labute approximate surface area is 153 Å². The van der Waals surface area contributed by atoms with Crippen LogP contribution in [0.3, 0.4) is 0 Å². The van der Waals surface area contributed by atoms with Crippen molar-refractivity contribution in [2.24, 2.45) is 0 Å². The maximum absolute atomic E-state index is 12.4. The van der Waals surface area contributed by atoms with Gasteiger partial charge in [-0.25, -0.2) is 0 Å². The lowest BCUT2D eigenvalue weighted by atomic mass is 10.1. The van der Waals surface area contributed by atoms with Crippen LogP contribution in [-0.4, -0.2) is 41.3 Å². The van der Waals surface area contributed by atoms with E-state index in [1.807, 2.05) is 0 Å². The summed E-state index contributed by atoms with van der Waals surface area (Å²) in [6.07, 6.45) is 0. The zero-order chi connectivity index (χ0) is 19.6. The summed E-state index contributed by atoms with van der Waals surface area (Å²) in [4.78, 5) is 47.7. The maximum atomic E-state index is 12.4. The van der Waals surface area contributed by atoms with E-state index in [9.17, 15) is 24.5 Å². The Morgan fingerprint density at radius 3 is 2.44 bits per heavy atom. The first-order chi connectivity index (χ1) is 12.9.